The molecule has 1 amide bonds. The largest absolute Gasteiger partial charge is 0.390 e. The zero-order valence-corrected chi connectivity index (χ0v) is 13.6. The van der Waals surface area contributed by atoms with Gasteiger partial charge in [0.25, 0.3) is 0 Å². The van der Waals surface area contributed by atoms with E-state index in [1.54, 1.807) is 12.3 Å². The van der Waals surface area contributed by atoms with Crippen molar-refractivity contribution in [2.45, 2.75) is 18.6 Å². The topological polar surface area (TPSA) is 62.2 Å². The molecule has 2 N–H and O–H groups in total. The number of hydrogen-bond donors (Lipinski definition) is 2. The lowest BCUT2D eigenvalue weighted by atomic mass is 10.1. The van der Waals surface area contributed by atoms with E-state index in [0.717, 1.165) is 27.6 Å². The van der Waals surface area contributed by atoms with Gasteiger partial charge in [0.05, 0.1) is 17.7 Å². The van der Waals surface area contributed by atoms with E-state index < -0.39 is 6.10 Å². The van der Waals surface area contributed by atoms with Crippen molar-refractivity contribution in [3.8, 4) is 0 Å². The lowest BCUT2D eigenvalue weighted by Crippen LogP contribution is -2.32. The van der Waals surface area contributed by atoms with Crippen LogP contribution < -0.4 is 5.32 Å². The summed E-state index contributed by atoms with van der Waals surface area (Å²) in [6.45, 7) is 0. The van der Waals surface area contributed by atoms with Crippen molar-refractivity contribution >= 4 is 22.9 Å². The molecule has 0 fully saturated rings. The number of benzene rings is 2. The fourth-order valence-corrected chi connectivity index (χ4v) is 3.38. The van der Waals surface area contributed by atoms with Gasteiger partial charge in [-0.2, -0.15) is 0 Å². The van der Waals surface area contributed by atoms with Crippen LogP contribution in [0.2, 0.25) is 0 Å². The van der Waals surface area contributed by atoms with Crippen LogP contribution in [0, 0.1) is 0 Å². The normalized spacial score (nSPS) is 19.2. The Balaban J connectivity index is 1.53. The number of aromatic nitrogens is 1. The number of pyridine rings is 1. The molecule has 2 atom stereocenters. The van der Waals surface area contributed by atoms with Crippen molar-refractivity contribution in [3.05, 3.63) is 83.6 Å². The van der Waals surface area contributed by atoms with Crippen molar-refractivity contribution in [2.75, 3.05) is 0 Å². The van der Waals surface area contributed by atoms with Gasteiger partial charge >= 0.3 is 0 Å². The predicted octanol–water partition coefficient (Wildman–Crippen LogP) is 3.02. The molecule has 1 aromatic heterocycles. The molecule has 2 aromatic carbocycles. The zero-order chi connectivity index (χ0) is 17.2. The molecule has 124 valence electrons. The van der Waals surface area contributed by atoms with E-state index in [4.69, 9.17) is 0 Å². The van der Waals surface area contributed by atoms with Gasteiger partial charge in [-0.15, -0.1) is 0 Å². The van der Waals surface area contributed by atoms with E-state index >= 15 is 0 Å². The fraction of sp³-hybridized carbons (Fsp3) is 0.143. The first-order valence-corrected chi connectivity index (χ1v) is 8.30. The highest BCUT2D eigenvalue weighted by Gasteiger charge is 2.31. The van der Waals surface area contributed by atoms with Crippen LogP contribution in [-0.4, -0.2) is 22.1 Å². The predicted molar refractivity (Wildman–Crippen MR) is 97.8 cm³/mol. The van der Waals surface area contributed by atoms with Gasteiger partial charge in [0, 0.05) is 24.1 Å². The second kappa shape index (κ2) is 6.49. The minimum atomic E-state index is -0.587. The highest BCUT2D eigenvalue weighted by Crippen LogP contribution is 2.31. The number of nitrogens with zero attached hydrogens (tertiary/aromatic N) is 1. The summed E-state index contributed by atoms with van der Waals surface area (Å²) < 4.78 is 0. The summed E-state index contributed by atoms with van der Waals surface area (Å²) in [5, 5.41) is 14.2. The minimum absolute atomic E-state index is 0.221. The van der Waals surface area contributed by atoms with Crippen LogP contribution in [-0.2, 0) is 11.2 Å². The van der Waals surface area contributed by atoms with E-state index in [0.29, 0.717) is 6.42 Å². The Kier molecular flexibility index (Phi) is 4.04. The van der Waals surface area contributed by atoms with Crippen LogP contribution in [0.5, 0.6) is 0 Å². The zero-order valence-electron chi connectivity index (χ0n) is 13.6. The number of aliphatic hydroxyl groups is 1. The molecule has 4 rings (SSSR count). The van der Waals surface area contributed by atoms with Crippen molar-refractivity contribution in [1.82, 2.24) is 10.3 Å². The number of para-hydroxylation sites is 1. The van der Waals surface area contributed by atoms with Crippen LogP contribution in [0.25, 0.3) is 17.0 Å². The van der Waals surface area contributed by atoms with Gasteiger partial charge in [0.1, 0.15) is 0 Å². The Bertz CT molecular complexity index is 960. The molecular weight excluding hydrogens is 312 g/mol. The Hall–Kier alpha value is -2.98. The van der Waals surface area contributed by atoms with E-state index in [9.17, 15) is 9.90 Å². The second-order valence-corrected chi connectivity index (χ2v) is 6.21. The molecule has 0 saturated carbocycles. The molecule has 4 heteroatoms. The van der Waals surface area contributed by atoms with E-state index in [-0.39, 0.29) is 11.9 Å². The first kappa shape index (κ1) is 15.5. The SMILES string of the molecule is O=C(/C=C/c1ccnc2ccccc12)N[C@H]1c2ccccc2C[C@H]1O. The number of carbonyl (C=O) groups is 1. The Labute approximate surface area is 145 Å². The molecule has 0 spiro atoms. The second-order valence-electron chi connectivity index (χ2n) is 6.21. The van der Waals surface area contributed by atoms with Crippen LogP contribution in [0.1, 0.15) is 22.7 Å². The summed E-state index contributed by atoms with van der Waals surface area (Å²) in [4.78, 5) is 16.7. The van der Waals surface area contributed by atoms with Crippen molar-refractivity contribution < 1.29 is 9.90 Å². The number of hydrogen-bond acceptors (Lipinski definition) is 3. The smallest absolute Gasteiger partial charge is 0.244 e. The van der Waals surface area contributed by atoms with Crippen molar-refractivity contribution in [3.63, 3.8) is 0 Å². The summed E-state index contributed by atoms with van der Waals surface area (Å²) in [5.41, 5.74) is 3.91. The number of nitrogens with one attached hydrogen (secondary N) is 1. The summed E-state index contributed by atoms with van der Waals surface area (Å²) in [7, 11) is 0. The maximum Gasteiger partial charge on any atom is 0.244 e. The highest BCUT2D eigenvalue weighted by atomic mass is 16.3. The van der Waals surface area contributed by atoms with Gasteiger partial charge in [-0.05, 0) is 34.9 Å². The van der Waals surface area contributed by atoms with Crippen molar-refractivity contribution in [1.29, 1.82) is 0 Å². The summed E-state index contributed by atoms with van der Waals surface area (Å²) in [6, 6.07) is 17.2. The quantitative estimate of drug-likeness (QED) is 0.726. The standard InChI is InChI=1S/C21H18N2O2/c24-19-13-15-5-1-2-7-17(15)21(19)23-20(25)10-9-14-11-12-22-18-8-4-3-6-16(14)18/h1-12,19,21,24H,13H2,(H,23,25)/b10-9+/t19-,21+/m1/s1. The minimum Gasteiger partial charge on any atom is -0.390 e. The number of amides is 1. The monoisotopic (exact) mass is 330 g/mol. The summed E-state index contributed by atoms with van der Waals surface area (Å²) >= 11 is 0. The molecule has 1 aliphatic rings. The van der Waals surface area contributed by atoms with Crippen LogP contribution in [0.4, 0.5) is 0 Å². The molecular formula is C21H18N2O2. The average molecular weight is 330 g/mol. The first-order valence-electron chi connectivity index (χ1n) is 8.30. The average Bonchev–Trinajstić information content (AvgIpc) is 2.95. The summed E-state index contributed by atoms with van der Waals surface area (Å²) in [5.74, 6) is -0.221. The van der Waals surface area contributed by atoms with Gasteiger partial charge in [-0.3, -0.25) is 9.78 Å². The number of aliphatic hydroxyl groups excluding tert-OH is 1. The Morgan fingerprint density at radius 2 is 1.92 bits per heavy atom. The molecule has 0 unspecified atom stereocenters. The maximum absolute atomic E-state index is 12.3. The van der Waals surface area contributed by atoms with E-state index in [1.807, 2.05) is 54.6 Å². The highest BCUT2D eigenvalue weighted by molar-refractivity contribution is 5.95. The first-order chi connectivity index (χ1) is 12.2. The molecule has 0 radical (unpaired) electrons. The molecule has 1 heterocycles. The van der Waals surface area contributed by atoms with Gasteiger partial charge in [0.15, 0.2) is 0 Å². The number of carbonyl (C=O) groups excluding carboxylic acids is 1. The number of rotatable bonds is 3. The third-order valence-corrected chi connectivity index (χ3v) is 4.60. The number of fused-ring (bicyclic) bond motifs is 2. The molecule has 0 saturated heterocycles. The molecule has 4 nitrogen and oxygen atoms in total. The summed E-state index contributed by atoms with van der Waals surface area (Å²) in [6.07, 6.45) is 5.01. The molecule has 3 aromatic rings. The Morgan fingerprint density at radius 3 is 2.84 bits per heavy atom. The molecule has 1 aliphatic carbocycles. The third kappa shape index (κ3) is 3.04. The van der Waals surface area contributed by atoms with Gasteiger partial charge in [-0.1, -0.05) is 42.5 Å². The van der Waals surface area contributed by atoms with Gasteiger partial charge in [-0.25, -0.2) is 0 Å². The van der Waals surface area contributed by atoms with E-state index in [1.165, 1.54) is 6.08 Å². The Morgan fingerprint density at radius 1 is 1.12 bits per heavy atom. The fourth-order valence-electron chi connectivity index (χ4n) is 3.38. The van der Waals surface area contributed by atoms with Gasteiger partial charge in [0.2, 0.25) is 5.91 Å². The van der Waals surface area contributed by atoms with Crippen LogP contribution >= 0.6 is 0 Å². The lowest BCUT2D eigenvalue weighted by Gasteiger charge is -2.16. The maximum atomic E-state index is 12.3. The van der Waals surface area contributed by atoms with Crippen LogP contribution in [0.15, 0.2) is 66.9 Å². The molecule has 0 bridgehead atoms. The third-order valence-electron chi connectivity index (χ3n) is 4.60. The molecule has 25 heavy (non-hydrogen) atoms. The van der Waals surface area contributed by atoms with Gasteiger partial charge < -0.3 is 10.4 Å². The molecule has 0 aliphatic heterocycles. The van der Waals surface area contributed by atoms with Crippen molar-refractivity contribution in [2.24, 2.45) is 0 Å². The van der Waals surface area contributed by atoms with Crippen LogP contribution in [0.3, 0.4) is 0 Å². The lowest BCUT2D eigenvalue weighted by molar-refractivity contribution is -0.117. The van der Waals surface area contributed by atoms with E-state index in [2.05, 4.69) is 10.3 Å².